The molecule has 0 radical (unpaired) electrons. The van der Waals surface area contributed by atoms with Crippen molar-refractivity contribution in [3.05, 3.63) is 82.7 Å². The predicted molar refractivity (Wildman–Crippen MR) is 136 cm³/mol. The summed E-state index contributed by atoms with van der Waals surface area (Å²) in [6.07, 6.45) is -0.336. The zero-order valence-corrected chi connectivity index (χ0v) is 20.6. The van der Waals surface area contributed by atoms with Crippen molar-refractivity contribution in [2.75, 3.05) is 10.7 Å². The van der Waals surface area contributed by atoms with Crippen LogP contribution in [-0.2, 0) is 11.3 Å². The third-order valence-electron chi connectivity index (χ3n) is 5.64. The van der Waals surface area contributed by atoms with Crippen LogP contribution in [0.25, 0.3) is 33.5 Å². The number of aromatic nitrogens is 4. The number of carbonyl (C=O) groups excluding carboxylic acids is 1. The van der Waals surface area contributed by atoms with Gasteiger partial charge in [-0.05, 0) is 41.5 Å². The number of imidazole rings is 1. The van der Waals surface area contributed by atoms with E-state index in [1.54, 1.807) is 49.4 Å². The first-order chi connectivity index (χ1) is 18.3. The molecule has 1 amide bonds. The number of nitrogens with zero attached hydrogens (tertiary/aromatic N) is 5. The maximum Gasteiger partial charge on any atom is 0.253 e. The molecule has 0 saturated heterocycles. The maximum absolute atomic E-state index is 15.2. The minimum Gasteiger partial charge on any atom is -0.350 e. The van der Waals surface area contributed by atoms with Gasteiger partial charge < -0.3 is 9.84 Å². The lowest BCUT2D eigenvalue weighted by Gasteiger charge is -2.13. The van der Waals surface area contributed by atoms with E-state index in [2.05, 4.69) is 25.9 Å². The predicted octanol–water partition coefficient (Wildman–Crippen LogP) is 5.59. The summed E-state index contributed by atoms with van der Waals surface area (Å²) in [6, 6.07) is 15.9. The van der Waals surface area contributed by atoms with E-state index in [0.29, 0.717) is 22.2 Å². The molecule has 0 unspecified atom stereocenters. The Morgan fingerprint density at radius 3 is 2.68 bits per heavy atom. The normalized spacial score (nSPS) is 10.9. The van der Waals surface area contributed by atoms with Crippen LogP contribution in [0.15, 0.2) is 59.1 Å². The van der Waals surface area contributed by atoms with Gasteiger partial charge in [0.05, 0.1) is 22.7 Å². The van der Waals surface area contributed by atoms with E-state index in [-0.39, 0.29) is 46.8 Å². The van der Waals surface area contributed by atoms with Crippen LogP contribution in [0.2, 0.25) is 5.02 Å². The van der Waals surface area contributed by atoms with Gasteiger partial charge in [0.1, 0.15) is 18.1 Å². The van der Waals surface area contributed by atoms with Gasteiger partial charge in [-0.3, -0.25) is 10.2 Å². The molecule has 0 spiro atoms. The number of amides is 1. The van der Waals surface area contributed by atoms with Crippen LogP contribution in [0.4, 0.5) is 14.7 Å². The van der Waals surface area contributed by atoms with Gasteiger partial charge in [0.15, 0.2) is 0 Å². The number of rotatable bonds is 7. The van der Waals surface area contributed by atoms with Gasteiger partial charge in [-0.25, -0.2) is 18.4 Å². The zero-order chi connectivity index (χ0) is 26.8. The van der Waals surface area contributed by atoms with Gasteiger partial charge in [0.2, 0.25) is 17.7 Å². The van der Waals surface area contributed by atoms with E-state index >= 15 is 4.39 Å². The maximum atomic E-state index is 15.2. The molecule has 9 nitrogen and oxygen atoms in total. The highest BCUT2D eigenvalue weighted by molar-refractivity contribution is 6.31. The lowest BCUT2D eigenvalue weighted by molar-refractivity contribution is -0.116. The number of para-hydroxylation sites is 2. The fourth-order valence-corrected chi connectivity index (χ4v) is 4.16. The number of halogens is 3. The molecular weight excluding hydrogens is 516 g/mol. The molecule has 5 aromatic rings. The average molecular weight is 534 g/mol. The number of carbonyl (C=O) groups is 1. The van der Waals surface area contributed by atoms with Crippen molar-refractivity contribution < 1.29 is 18.1 Å². The molecule has 5 rings (SSSR count). The minimum atomic E-state index is -0.670. The van der Waals surface area contributed by atoms with E-state index in [4.69, 9.17) is 21.4 Å². The molecule has 38 heavy (non-hydrogen) atoms. The molecule has 0 saturated carbocycles. The average Bonchev–Trinajstić information content (AvgIpc) is 3.46. The van der Waals surface area contributed by atoms with Crippen LogP contribution in [0.1, 0.15) is 17.9 Å². The van der Waals surface area contributed by atoms with Crippen LogP contribution < -0.4 is 10.7 Å². The Balaban J connectivity index is 1.45. The van der Waals surface area contributed by atoms with Crippen molar-refractivity contribution in [1.29, 1.82) is 5.26 Å². The Labute approximate surface area is 219 Å². The zero-order valence-electron chi connectivity index (χ0n) is 19.8. The van der Waals surface area contributed by atoms with Gasteiger partial charge in [0, 0.05) is 24.1 Å². The highest BCUT2D eigenvalue weighted by Gasteiger charge is 2.20. The molecule has 0 aliphatic rings. The molecule has 3 aromatic carbocycles. The van der Waals surface area contributed by atoms with Crippen molar-refractivity contribution in [3.8, 4) is 28.6 Å². The quantitative estimate of drug-likeness (QED) is 0.279. The first-order valence-corrected chi connectivity index (χ1v) is 11.7. The largest absolute Gasteiger partial charge is 0.350 e. The lowest BCUT2D eigenvalue weighted by Crippen LogP contribution is -2.24. The number of nitrogens with one attached hydrogen (secondary N) is 2. The summed E-state index contributed by atoms with van der Waals surface area (Å²) >= 11 is 6.09. The summed E-state index contributed by atoms with van der Waals surface area (Å²) in [6.45, 7) is 1.60. The Kier molecular flexibility index (Phi) is 6.72. The van der Waals surface area contributed by atoms with Crippen LogP contribution in [0.5, 0.6) is 0 Å². The molecule has 12 heteroatoms. The number of nitriles is 1. The number of hydrogen-bond acceptors (Lipinski definition) is 7. The van der Waals surface area contributed by atoms with Crippen molar-refractivity contribution in [1.82, 2.24) is 19.8 Å². The van der Waals surface area contributed by atoms with Gasteiger partial charge in [0.25, 0.3) is 5.91 Å². The van der Waals surface area contributed by atoms with E-state index in [9.17, 15) is 9.18 Å². The fraction of sp³-hybridized carbons (Fsp3) is 0.115. The minimum absolute atomic E-state index is 0.0182. The standard InChI is InChI=1S/C26H18ClF2N7O2/c1-14-32-25(35-38-14)24-18(11-17(27)12-20(24)29)15-6-7-16(19(28)10-15)13-31-26-33-21-4-2-3-5-22(21)36(26)34-23(37)8-9-30/h2-7,10-12H,8,13H2,1H3,(H,31,33)(H,34,37). The van der Waals surface area contributed by atoms with E-state index in [0.717, 1.165) is 6.07 Å². The smallest absolute Gasteiger partial charge is 0.253 e. The molecular formula is C26H18ClF2N7O2. The van der Waals surface area contributed by atoms with Gasteiger partial charge in [-0.15, -0.1) is 0 Å². The SMILES string of the molecule is Cc1nc(-c2c(F)cc(Cl)cc2-c2ccc(CNc3nc4ccccc4n3NC(=O)CC#N)c(F)c2)no1. The highest BCUT2D eigenvalue weighted by atomic mass is 35.5. The van der Waals surface area contributed by atoms with Crippen LogP contribution in [0.3, 0.4) is 0 Å². The van der Waals surface area contributed by atoms with E-state index in [1.165, 1.54) is 16.8 Å². The number of hydrogen-bond donors (Lipinski definition) is 2. The monoisotopic (exact) mass is 533 g/mol. The Hall–Kier alpha value is -4.82. The van der Waals surface area contributed by atoms with Crippen LogP contribution >= 0.6 is 11.6 Å². The van der Waals surface area contributed by atoms with Crippen LogP contribution in [0, 0.1) is 29.9 Å². The second-order valence-electron chi connectivity index (χ2n) is 8.24. The van der Waals surface area contributed by atoms with E-state index < -0.39 is 17.5 Å². The summed E-state index contributed by atoms with van der Waals surface area (Å²) in [7, 11) is 0. The summed E-state index contributed by atoms with van der Waals surface area (Å²) in [4.78, 5) is 20.6. The third kappa shape index (κ3) is 4.89. The molecule has 0 atom stereocenters. The van der Waals surface area contributed by atoms with Gasteiger partial charge in [-0.1, -0.05) is 41.0 Å². The number of benzene rings is 3. The number of aryl methyl sites for hydroxylation is 1. The summed E-state index contributed by atoms with van der Waals surface area (Å²) in [5.74, 6) is -1.22. The molecule has 0 fully saturated rings. The second kappa shape index (κ2) is 10.3. The van der Waals surface area contributed by atoms with Gasteiger partial charge >= 0.3 is 0 Å². The van der Waals surface area contributed by atoms with Crippen molar-refractivity contribution >= 4 is 34.5 Å². The fourth-order valence-electron chi connectivity index (χ4n) is 3.96. The summed E-state index contributed by atoms with van der Waals surface area (Å²) in [5, 5.41) is 15.8. The van der Waals surface area contributed by atoms with E-state index in [1.807, 2.05) is 0 Å². The molecule has 0 bridgehead atoms. The third-order valence-corrected chi connectivity index (χ3v) is 5.86. The Morgan fingerprint density at radius 1 is 1.13 bits per heavy atom. The molecule has 0 aliphatic carbocycles. The lowest BCUT2D eigenvalue weighted by atomic mass is 9.97. The molecule has 190 valence electrons. The van der Waals surface area contributed by atoms with Crippen molar-refractivity contribution in [2.24, 2.45) is 0 Å². The molecule has 0 aliphatic heterocycles. The number of anilines is 1. The van der Waals surface area contributed by atoms with Crippen molar-refractivity contribution in [3.63, 3.8) is 0 Å². The second-order valence-corrected chi connectivity index (χ2v) is 8.67. The van der Waals surface area contributed by atoms with Crippen molar-refractivity contribution in [2.45, 2.75) is 19.9 Å². The molecule has 2 N–H and O–H groups in total. The summed E-state index contributed by atoms with van der Waals surface area (Å²) < 4.78 is 36.5. The number of fused-ring (bicyclic) bond motifs is 1. The Morgan fingerprint density at radius 2 is 1.95 bits per heavy atom. The first kappa shape index (κ1) is 24.9. The Bertz CT molecular complexity index is 1720. The highest BCUT2D eigenvalue weighted by Crippen LogP contribution is 2.36. The molecule has 2 heterocycles. The first-order valence-electron chi connectivity index (χ1n) is 11.3. The van der Waals surface area contributed by atoms with Crippen LogP contribution in [-0.4, -0.2) is 25.7 Å². The topological polar surface area (TPSA) is 122 Å². The molecule has 2 aromatic heterocycles. The summed E-state index contributed by atoms with van der Waals surface area (Å²) in [5.41, 5.74) is 4.80. The van der Waals surface area contributed by atoms with Gasteiger partial charge in [-0.2, -0.15) is 10.2 Å².